The number of rotatable bonds is 5. The van der Waals surface area contributed by atoms with Gasteiger partial charge in [-0.1, -0.05) is 29.4 Å². The van der Waals surface area contributed by atoms with Crippen LogP contribution in [0.5, 0.6) is 5.75 Å². The van der Waals surface area contributed by atoms with Crippen molar-refractivity contribution in [3.8, 4) is 28.4 Å². The van der Waals surface area contributed by atoms with E-state index in [1.807, 2.05) is 24.3 Å². The summed E-state index contributed by atoms with van der Waals surface area (Å²) < 4.78 is 27.0. The molecule has 5 rings (SSSR count). The fraction of sp³-hybridized carbons (Fsp3) is 0.0909. The Balaban J connectivity index is 1.48. The van der Waals surface area contributed by atoms with Crippen LogP contribution in [0.15, 0.2) is 76.3 Å². The van der Waals surface area contributed by atoms with Crippen LogP contribution in [0.25, 0.3) is 28.2 Å². The highest BCUT2D eigenvalue weighted by molar-refractivity contribution is 5.71. The quantitative estimate of drug-likeness (QED) is 0.436. The fourth-order valence-corrected chi connectivity index (χ4v) is 3.35. The van der Waals surface area contributed by atoms with E-state index in [-0.39, 0.29) is 23.8 Å². The molecule has 8 nitrogen and oxygen atoms in total. The zero-order valence-electron chi connectivity index (χ0n) is 16.4. The fourth-order valence-electron chi connectivity index (χ4n) is 3.35. The zero-order chi connectivity index (χ0) is 21.4. The number of para-hydroxylation sites is 1. The molecule has 154 valence electrons. The van der Waals surface area contributed by atoms with Crippen LogP contribution < -0.4 is 10.3 Å². The van der Waals surface area contributed by atoms with Crippen molar-refractivity contribution in [1.82, 2.24) is 24.3 Å². The van der Waals surface area contributed by atoms with Gasteiger partial charge in [0.05, 0.1) is 12.8 Å². The molecule has 0 N–H and O–H groups in total. The van der Waals surface area contributed by atoms with Crippen molar-refractivity contribution < 1.29 is 13.7 Å². The van der Waals surface area contributed by atoms with Crippen molar-refractivity contribution in [3.63, 3.8) is 0 Å². The van der Waals surface area contributed by atoms with Gasteiger partial charge in [0.1, 0.15) is 23.6 Å². The van der Waals surface area contributed by atoms with E-state index in [2.05, 4.69) is 15.2 Å². The highest BCUT2D eigenvalue weighted by Crippen LogP contribution is 2.28. The van der Waals surface area contributed by atoms with Crippen molar-refractivity contribution >= 4 is 5.52 Å². The summed E-state index contributed by atoms with van der Waals surface area (Å²) in [5.74, 6) is 0.765. The molecule has 0 bridgehead atoms. The number of methoxy groups -OCH3 is 1. The Bertz CT molecular complexity index is 1450. The third-order valence-corrected chi connectivity index (χ3v) is 4.84. The number of ether oxygens (including phenoxy) is 1. The van der Waals surface area contributed by atoms with Crippen LogP contribution in [0, 0.1) is 5.82 Å². The summed E-state index contributed by atoms with van der Waals surface area (Å²) in [5, 5.41) is 8.37. The van der Waals surface area contributed by atoms with E-state index < -0.39 is 5.82 Å². The second kappa shape index (κ2) is 7.52. The molecule has 0 saturated carbocycles. The molecule has 2 aromatic carbocycles. The maximum Gasteiger partial charge on any atom is 0.277 e. The molecule has 0 aliphatic rings. The van der Waals surface area contributed by atoms with E-state index in [0.717, 1.165) is 5.56 Å². The molecule has 0 aliphatic carbocycles. The van der Waals surface area contributed by atoms with E-state index in [4.69, 9.17) is 9.26 Å². The molecule has 3 heterocycles. The second-order valence-corrected chi connectivity index (χ2v) is 6.81. The molecule has 5 aromatic rings. The van der Waals surface area contributed by atoms with Gasteiger partial charge in [0, 0.05) is 23.5 Å². The van der Waals surface area contributed by atoms with Crippen molar-refractivity contribution in [2.24, 2.45) is 0 Å². The molecule has 0 saturated heterocycles. The largest absolute Gasteiger partial charge is 0.496 e. The molecule has 0 amide bonds. The van der Waals surface area contributed by atoms with Crippen molar-refractivity contribution in [1.29, 1.82) is 0 Å². The first-order chi connectivity index (χ1) is 15.1. The van der Waals surface area contributed by atoms with Gasteiger partial charge in [-0.15, -0.1) is 0 Å². The van der Waals surface area contributed by atoms with Gasteiger partial charge in [-0.25, -0.2) is 8.91 Å². The normalized spacial score (nSPS) is 11.2. The number of halogens is 1. The standard InChI is InChI=1S/C22H16FN5O3/c1-30-19-8-3-2-7-16(19)17-12-18-22(29)27(9-10-28(18)25-17)13-20-24-21(26-31-20)14-5-4-6-15(23)11-14/h2-12H,13H2,1H3. The van der Waals surface area contributed by atoms with Gasteiger partial charge in [-0.3, -0.25) is 4.79 Å². The van der Waals surface area contributed by atoms with E-state index >= 15 is 0 Å². The summed E-state index contributed by atoms with van der Waals surface area (Å²) in [5.41, 5.74) is 2.04. The lowest BCUT2D eigenvalue weighted by Gasteiger charge is -2.04. The second-order valence-electron chi connectivity index (χ2n) is 6.81. The molecule has 31 heavy (non-hydrogen) atoms. The van der Waals surface area contributed by atoms with Gasteiger partial charge in [-0.2, -0.15) is 10.1 Å². The van der Waals surface area contributed by atoms with E-state index in [9.17, 15) is 9.18 Å². The smallest absolute Gasteiger partial charge is 0.277 e. The first kappa shape index (κ1) is 18.7. The lowest BCUT2D eigenvalue weighted by Crippen LogP contribution is -2.21. The number of hydrogen-bond acceptors (Lipinski definition) is 6. The molecule has 0 unspecified atom stereocenters. The van der Waals surface area contributed by atoms with Crippen LogP contribution in [0.2, 0.25) is 0 Å². The molecule has 0 atom stereocenters. The van der Waals surface area contributed by atoms with Gasteiger partial charge >= 0.3 is 0 Å². The third-order valence-electron chi connectivity index (χ3n) is 4.84. The number of nitrogens with zero attached hydrogens (tertiary/aromatic N) is 5. The average molecular weight is 417 g/mol. The summed E-state index contributed by atoms with van der Waals surface area (Å²) in [4.78, 5) is 17.3. The Morgan fingerprint density at radius 2 is 1.97 bits per heavy atom. The van der Waals surface area contributed by atoms with Crippen molar-refractivity contribution in [2.75, 3.05) is 7.11 Å². The first-order valence-corrected chi connectivity index (χ1v) is 9.43. The van der Waals surface area contributed by atoms with Gasteiger partial charge in [0.2, 0.25) is 11.7 Å². The molecule has 9 heteroatoms. The van der Waals surface area contributed by atoms with Gasteiger partial charge in [0.15, 0.2) is 0 Å². The molecule has 3 aromatic heterocycles. The minimum atomic E-state index is -0.392. The van der Waals surface area contributed by atoms with Crippen LogP contribution in [-0.2, 0) is 6.54 Å². The predicted octanol–water partition coefficient (Wildman–Crippen LogP) is 3.41. The SMILES string of the molecule is COc1ccccc1-c1cc2c(=O)n(Cc3nc(-c4cccc(F)c4)no3)ccn2n1. The predicted molar refractivity (Wildman–Crippen MR) is 110 cm³/mol. The minimum absolute atomic E-state index is 0.0762. The minimum Gasteiger partial charge on any atom is -0.496 e. The third kappa shape index (κ3) is 3.46. The lowest BCUT2D eigenvalue weighted by atomic mass is 10.1. The van der Waals surface area contributed by atoms with Crippen LogP contribution in [-0.4, -0.2) is 31.4 Å². The Hall–Kier alpha value is -4.27. The number of benzene rings is 2. The van der Waals surface area contributed by atoms with E-state index in [1.54, 1.807) is 37.7 Å². The van der Waals surface area contributed by atoms with Crippen LogP contribution in [0.1, 0.15) is 5.89 Å². The van der Waals surface area contributed by atoms with Gasteiger partial charge in [-0.05, 0) is 30.3 Å². The number of hydrogen-bond donors (Lipinski definition) is 0. The van der Waals surface area contributed by atoms with Crippen LogP contribution in [0.3, 0.4) is 0 Å². The van der Waals surface area contributed by atoms with Crippen molar-refractivity contribution in [3.05, 3.63) is 89.1 Å². The average Bonchev–Trinajstić information content (AvgIpc) is 3.43. The van der Waals surface area contributed by atoms with Gasteiger partial charge < -0.3 is 13.8 Å². The summed E-state index contributed by atoms with van der Waals surface area (Å²) >= 11 is 0. The highest BCUT2D eigenvalue weighted by Gasteiger charge is 2.15. The molecular weight excluding hydrogens is 401 g/mol. The Morgan fingerprint density at radius 1 is 1.10 bits per heavy atom. The maximum absolute atomic E-state index is 13.4. The molecular formula is C22H16FN5O3. The Kier molecular flexibility index (Phi) is 4.55. The number of aromatic nitrogens is 5. The molecule has 0 radical (unpaired) electrons. The highest BCUT2D eigenvalue weighted by atomic mass is 19.1. The first-order valence-electron chi connectivity index (χ1n) is 9.43. The van der Waals surface area contributed by atoms with E-state index in [0.29, 0.717) is 22.5 Å². The summed E-state index contributed by atoms with van der Waals surface area (Å²) in [6.45, 7) is 0.0762. The van der Waals surface area contributed by atoms with Crippen LogP contribution in [0.4, 0.5) is 4.39 Å². The Morgan fingerprint density at radius 3 is 2.81 bits per heavy atom. The maximum atomic E-state index is 13.4. The Labute approximate surface area is 175 Å². The monoisotopic (exact) mass is 417 g/mol. The van der Waals surface area contributed by atoms with Gasteiger partial charge in [0.25, 0.3) is 5.56 Å². The van der Waals surface area contributed by atoms with Crippen LogP contribution >= 0.6 is 0 Å². The molecule has 0 spiro atoms. The molecule has 0 fully saturated rings. The summed E-state index contributed by atoms with van der Waals surface area (Å²) in [7, 11) is 1.59. The summed E-state index contributed by atoms with van der Waals surface area (Å²) in [6.07, 6.45) is 3.28. The summed E-state index contributed by atoms with van der Waals surface area (Å²) in [6, 6.07) is 15.1. The zero-order valence-corrected chi connectivity index (χ0v) is 16.4. The topological polar surface area (TPSA) is 87.5 Å². The number of fused-ring (bicyclic) bond motifs is 1. The van der Waals surface area contributed by atoms with E-state index in [1.165, 1.54) is 21.2 Å². The van der Waals surface area contributed by atoms with Crippen molar-refractivity contribution in [2.45, 2.75) is 6.54 Å². The molecule has 0 aliphatic heterocycles. The lowest BCUT2D eigenvalue weighted by molar-refractivity contribution is 0.370.